The number of anilines is 2. The number of hydrogen-bond donors (Lipinski definition) is 1. The van der Waals surface area contributed by atoms with E-state index in [1.165, 1.54) is 0 Å². The Balaban J connectivity index is 1.53. The van der Waals surface area contributed by atoms with Crippen LogP contribution in [0.15, 0.2) is 42.5 Å². The van der Waals surface area contributed by atoms with Crippen molar-refractivity contribution in [1.82, 2.24) is 4.90 Å². The van der Waals surface area contributed by atoms with E-state index in [2.05, 4.69) is 21.2 Å². The highest BCUT2D eigenvalue weighted by Crippen LogP contribution is 2.27. The molecule has 2 aromatic rings. The molecule has 138 valence electrons. The van der Waals surface area contributed by atoms with Crippen LogP contribution in [0.3, 0.4) is 0 Å². The van der Waals surface area contributed by atoms with E-state index in [0.29, 0.717) is 23.0 Å². The molecule has 5 nitrogen and oxygen atoms in total. The largest absolute Gasteiger partial charge is 0.495 e. The Kier molecular flexibility index (Phi) is 6.25. The molecule has 1 N–H and O–H groups in total. The van der Waals surface area contributed by atoms with E-state index in [0.717, 1.165) is 36.9 Å². The second-order valence-electron chi connectivity index (χ2n) is 6.14. The Labute approximate surface area is 163 Å². The lowest BCUT2D eigenvalue weighted by Crippen LogP contribution is -2.48. The van der Waals surface area contributed by atoms with Gasteiger partial charge in [-0.05, 0) is 36.4 Å². The summed E-state index contributed by atoms with van der Waals surface area (Å²) >= 11 is 12.1. The molecule has 0 saturated carbocycles. The number of ether oxygens (including phenoxy) is 1. The normalized spacial score (nSPS) is 15.0. The second-order valence-corrected chi connectivity index (χ2v) is 7.01. The number of carbonyl (C=O) groups is 1. The summed E-state index contributed by atoms with van der Waals surface area (Å²) in [5.74, 6) is 0.510. The Morgan fingerprint density at radius 2 is 1.81 bits per heavy atom. The van der Waals surface area contributed by atoms with Gasteiger partial charge in [-0.15, -0.1) is 0 Å². The molecule has 0 radical (unpaired) electrons. The summed E-state index contributed by atoms with van der Waals surface area (Å²) in [5.41, 5.74) is 1.70. The second kappa shape index (κ2) is 8.62. The minimum Gasteiger partial charge on any atom is -0.495 e. The number of amides is 1. The quantitative estimate of drug-likeness (QED) is 0.839. The van der Waals surface area contributed by atoms with Gasteiger partial charge in [-0.2, -0.15) is 0 Å². The van der Waals surface area contributed by atoms with E-state index in [4.69, 9.17) is 27.9 Å². The molecule has 0 aromatic heterocycles. The lowest BCUT2D eigenvalue weighted by atomic mass is 10.2. The number of rotatable bonds is 5. The van der Waals surface area contributed by atoms with Crippen LogP contribution >= 0.6 is 23.2 Å². The fourth-order valence-corrected chi connectivity index (χ4v) is 3.36. The molecule has 1 amide bonds. The molecule has 3 rings (SSSR count). The lowest BCUT2D eigenvalue weighted by Gasteiger charge is -2.35. The highest BCUT2D eigenvalue weighted by molar-refractivity contribution is 6.31. The standard InChI is InChI=1S/C19H21Cl2N3O2/c1-26-18-6-5-15(21)12-17(18)22-19(25)13-23-7-9-24(10-8-23)16-4-2-3-14(20)11-16/h2-6,11-12H,7-10,13H2,1H3,(H,22,25). The van der Waals surface area contributed by atoms with Crippen LogP contribution < -0.4 is 15.0 Å². The van der Waals surface area contributed by atoms with Crippen molar-refractivity contribution in [2.45, 2.75) is 0 Å². The number of carbonyl (C=O) groups excluding carboxylic acids is 1. The van der Waals surface area contributed by atoms with E-state index in [-0.39, 0.29) is 5.91 Å². The van der Waals surface area contributed by atoms with Crippen LogP contribution in [0.25, 0.3) is 0 Å². The van der Waals surface area contributed by atoms with Gasteiger partial charge < -0.3 is 15.0 Å². The number of benzene rings is 2. The summed E-state index contributed by atoms with van der Waals surface area (Å²) in [6.07, 6.45) is 0. The molecule has 1 aliphatic rings. The van der Waals surface area contributed by atoms with Gasteiger partial charge in [-0.3, -0.25) is 9.69 Å². The zero-order valence-electron chi connectivity index (χ0n) is 14.5. The number of halogens is 2. The van der Waals surface area contributed by atoms with Gasteiger partial charge in [0.1, 0.15) is 5.75 Å². The van der Waals surface area contributed by atoms with Crippen LogP contribution in [0.4, 0.5) is 11.4 Å². The Morgan fingerprint density at radius 3 is 2.50 bits per heavy atom. The first-order chi connectivity index (χ1) is 12.5. The van der Waals surface area contributed by atoms with Gasteiger partial charge in [0.15, 0.2) is 0 Å². The van der Waals surface area contributed by atoms with Crippen molar-refractivity contribution in [3.63, 3.8) is 0 Å². The third-order valence-electron chi connectivity index (χ3n) is 4.35. The van der Waals surface area contributed by atoms with E-state index in [1.54, 1.807) is 25.3 Å². The van der Waals surface area contributed by atoms with Gasteiger partial charge in [-0.1, -0.05) is 29.3 Å². The molecule has 7 heteroatoms. The van der Waals surface area contributed by atoms with E-state index < -0.39 is 0 Å². The van der Waals surface area contributed by atoms with Crippen molar-refractivity contribution in [1.29, 1.82) is 0 Å². The first kappa shape index (κ1) is 18.8. The summed E-state index contributed by atoms with van der Waals surface area (Å²) in [6, 6.07) is 13.0. The van der Waals surface area contributed by atoms with E-state index in [1.807, 2.05) is 18.2 Å². The van der Waals surface area contributed by atoms with Gasteiger partial charge in [0.05, 0.1) is 19.3 Å². The SMILES string of the molecule is COc1ccc(Cl)cc1NC(=O)CN1CCN(c2cccc(Cl)c2)CC1. The third kappa shape index (κ3) is 4.81. The van der Waals surface area contributed by atoms with Crippen LogP contribution in [0, 0.1) is 0 Å². The number of nitrogens with zero attached hydrogens (tertiary/aromatic N) is 2. The molecular formula is C19H21Cl2N3O2. The van der Waals surface area contributed by atoms with Gasteiger partial charge in [0.25, 0.3) is 0 Å². The van der Waals surface area contributed by atoms with Gasteiger partial charge >= 0.3 is 0 Å². The van der Waals surface area contributed by atoms with Crippen LogP contribution in [-0.2, 0) is 4.79 Å². The summed E-state index contributed by atoms with van der Waals surface area (Å²) < 4.78 is 5.26. The van der Waals surface area contributed by atoms with Gasteiger partial charge in [-0.25, -0.2) is 0 Å². The molecule has 1 fully saturated rings. The molecule has 1 saturated heterocycles. The first-order valence-corrected chi connectivity index (χ1v) is 9.17. The molecule has 0 spiro atoms. The maximum absolute atomic E-state index is 12.4. The van der Waals surface area contributed by atoms with Crippen molar-refractivity contribution < 1.29 is 9.53 Å². The number of nitrogens with one attached hydrogen (secondary N) is 1. The first-order valence-electron chi connectivity index (χ1n) is 8.41. The van der Waals surface area contributed by atoms with Crippen molar-refractivity contribution in [3.05, 3.63) is 52.5 Å². The molecule has 0 atom stereocenters. The number of hydrogen-bond acceptors (Lipinski definition) is 4. The minimum absolute atomic E-state index is 0.0817. The summed E-state index contributed by atoms with van der Waals surface area (Å²) in [5, 5.41) is 4.17. The summed E-state index contributed by atoms with van der Waals surface area (Å²) in [7, 11) is 1.56. The lowest BCUT2D eigenvalue weighted by molar-refractivity contribution is -0.117. The molecule has 1 heterocycles. The third-order valence-corrected chi connectivity index (χ3v) is 4.82. The van der Waals surface area contributed by atoms with Crippen LogP contribution in [0.1, 0.15) is 0 Å². The smallest absolute Gasteiger partial charge is 0.238 e. The van der Waals surface area contributed by atoms with Crippen LogP contribution in [0.2, 0.25) is 10.0 Å². The molecule has 0 unspecified atom stereocenters. The zero-order valence-corrected chi connectivity index (χ0v) is 16.1. The topological polar surface area (TPSA) is 44.8 Å². The maximum Gasteiger partial charge on any atom is 0.238 e. The fraction of sp³-hybridized carbons (Fsp3) is 0.316. The molecular weight excluding hydrogens is 373 g/mol. The molecule has 0 bridgehead atoms. The average Bonchev–Trinajstić information content (AvgIpc) is 2.62. The molecule has 26 heavy (non-hydrogen) atoms. The number of methoxy groups -OCH3 is 1. The molecule has 2 aromatic carbocycles. The van der Waals surface area contributed by atoms with E-state index >= 15 is 0 Å². The highest BCUT2D eigenvalue weighted by Gasteiger charge is 2.20. The predicted molar refractivity (Wildman–Crippen MR) is 107 cm³/mol. The van der Waals surface area contributed by atoms with Gasteiger partial charge in [0.2, 0.25) is 5.91 Å². The number of piperazine rings is 1. The Morgan fingerprint density at radius 1 is 1.08 bits per heavy atom. The van der Waals surface area contributed by atoms with Crippen LogP contribution in [0.5, 0.6) is 5.75 Å². The zero-order chi connectivity index (χ0) is 18.5. The monoisotopic (exact) mass is 393 g/mol. The van der Waals surface area contributed by atoms with Crippen molar-refractivity contribution >= 4 is 40.5 Å². The summed E-state index contributed by atoms with van der Waals surface area (Å²) in [6.45, 7) is 3.67. The Hall–Kier alpha value is -1.95. The fourth-order valence-electron chi connectivity index (χ4n) is 3.01. The summed E-state index contributed by atoms with van der Waals surface area (Å²) in [4.78, 5) is 16.8. The van der Waals surface area contributed by atoms with E-state index in [9.17, 15) is 4.79 Å². The average molecular weight is 394 g/mol. The van der Waals surface area contributed by atoms with Crippen LogP contribution in [-0.4, -0.2) is 50.6 Å². The highest BCUT2D eigenvalue weighted by atomic mass is 35.5. The predicted octanol–water partition coefficient (Wildman–Crippen LogP) is 3.76. The van der Waals surface area contributed by atoms with Gasteiger partial charge in [0, 0.05) is 41.9 Å². The van der Waals surface area contributed by atoms with Crippen molar-refractivity contribution in [2.24, 2.45) is 0 Å². The Bertz CT molecular complexity index is 777. The maximum atomic E-state index is 12.4. The van der Waals surface area contributed by atoms with Crippen molar-refractivity contribution in [2.75, 3.05) is 50.1 Å². The molecule has 0 aliphatic carbocycles. The minimum atomic E-state index is -0.0817. The van der Waals surface area contributed by atoms with Crippen molar-refractivity contribution in [3.8, 4) is 5.75 Å². The molecule has 1 aliphatic heterocycles.